The zero-order valence-electron chi connectivity index (χ0n) is 22.3. The fourth-order valence-corrected chi connectivity index (χ4v) is 6.00. The van der Waals surface area contributed by atoms with Gasteiger partial charge in [0.25, 0.3) is 0 Å². The van der Waals surface area contributed by atoms with E-state index in [0.29, 0.717) is 53.5 Å². The van der Waals surface area contributed by atoms with Crippen molar-refractivity contribution < 1.29 is 26.6 Å². The van der Waals surface area contributed by atoms with Crippen LogP contribution in [0.25, 0.3) is 11.3 Å². The van der Waals surface area contributed by atoms with Crippen LogP contribution in [0.4, 0.5) is 23.4 Å². The lowest BCUT2D eigenvalue weighted by Gasteiger charge is -2.22. The largest absolute Gasteiger partial charge is 0.416 e. The molecule has 0 bridgehead atoms. The van der Waals surface area contributed by atoms with Crippen LogP contribution in [0.15, 0.2) is 90.0 Å². The number of hydrogen-bond acceptors (Lipinski definition) is 5. The SMILES string of the molecule is O=C(NCc1cc(NCc2ccccn2)nc(-c2ccc(C(F)(F)F)cc2)c1)[C@@H]1CCCN1S(=O)c1ccc(F)cc1. The topological polar surface area (TPSA) is 87.2 Å². The predicted octanol–water partition coefficient (Wildman–Crippen LogP) is 5.72. The second-order valence-corrected chi connectivity index (χ2v) is 11.2. The second-order valence-electron chi connectivity index (χ2n) is 9.72. The summed E-state index contributed by atoms with van der Waals surface area (Å²) in [6.45, 7) is 0.931. The molecular weight excluding hydrogens is 570 g/mol. The number of pyridine rings is 2. The van der Waals surface area contributed by atoms with Crippen LogP contribution in [-0.4, -0.2) is 37.0 Å². The number of anilines is 1. The highest BCUT2D eigenvalue weighted by Gasteiger charge is 2.35. The van der Waals surface area contributed by atoms with Crippen LogP contribution in [0.5, 0.6) is 0 Å². The molecule has 1 unspecified atom stereocenters. The minimum absolute atomic E-state index is 0.112. The van der Waals surface area contributed by atoms with Crippen molar-refractivity contribution in [3.8, 4) is 11.3 Å². The van der Waals surface area contributed by atoms with E-state index in [1.165, 1.54) is 36.4 Å². The minimum atomic E-state index is -4.46. The Hall–Kier alpha value is -4.16. The van der Waals surface area contributed by atoms with Crippen molar-refractivity contribution in [3.05, 3.63) is 108 Å². The van der Waals surface area contributed by atoms with Crippen molar-refractivity contribution in [2.75, 3.05) is 11.9 Å². The first-order chi connectivity index (χ1) is 20.2. The van der Waals surface area contributed by atoms with E-state index < -0.39 is 34.6 Å². The Labute approximate surface area is 242 Å². The fourth-order valence-electron chi connectivity index (χ4n) is 4.64. The lowest BCUT2D eigenvalue weighted by Crippen LogP contribution is -2.43. The molecule has 0 radical (unpaired) electrons. The van der Waals surface area contributed by atoms with E-state index in [-0.39, 0.29) is 12.5 Å². The van der Waals surface area contributed by atoms with Gasteiger partial charge in [0.2, 0.25) is 5.91 Å². The van der Waals surface area contributed by atoms with E-state index in [1.807, 2.05) is 12.1 Å². The summed E-state index contributed by atoms with van der Waals surface area (Å²) in [6.07, 6.45) is -1.59. The van der Waals surface area contributed by atoms with Gasteiger partial charge in [-0.05, 0) is 79.1 Å². The number of amides is 1. The van der Waals surface area contributed by atoms with Gasteiger partial charge in [0.15, 0.2) is 0 Å². The summed E-state index contributed by atoms with van der Waals surface area (Å²) in [5.41, 5.74) is 1.58. The third-order valence-corrected chi connectivity index (χ3v) is 8.31. The van der Waals surface area contributed by atoms with Crippen molar-refractivity contribution in [1.29, 1.82) is 0 Å². The summed E-state index contributed by atoms with van der Waals surface area (Å²) in [7, 11) is -1.63. The molecule has 1 fully saturated rings. The molecule has 12 heteroatoms. The summed E-state index contributed by atoms with van der Waals surface area (Å²) in [4.78, 5) is 22.5. The summed E-state index contributed by atoms with van der Waals surface area (Å²) in [5, 5.41) is 6.10. The zero-order valence-corrected chi connectivity index (χ0v) is 23.1. The molecule has 218 valence electrons. The highest BCUT2D eigenvalue weighted by atomic mass is 32.2. The molecule has 2 aromatic heterocycles. The van der Waals surface area contributed by atoms with Crippen molar-refractivity contribution >= 4 is 22.7 Å². The maximum atomic E-state index is 13.3. The van der Waals surface area contributed by atoms with Crippen LogP contribution in [-0.2, 0) is 35.0 Å². The highest BCUT2D eigenvalue weighted by Crippen LogP contribution is 2.31. The van der Waals surface area contributed by atoms with Gasteiger partial charge in [-0.3, -0.25) is 9.78 Å². The van der Waals surface area contributed by atoms with E-state index in [9.17, 15) is 26.6 Å². The van der Waals surface area contributed by atoms with Gasteiger partial charge in [0.1, 0.15) is 28.7 Å². The molecule has 4 aromatic rings. The van der Waals surface area contributed by atoms with Crippen LogP contribution in [0.2, 0.25) is 0 Å². The maximum absolute atomic E-state index is 13.3. The second kappa shape index (κ2) is 12.8. The Kier molecular flexibility index (Phi) is 8.93. The third kappa shape index (κ3) is 7.18. The molecule has 2 atom stereocenters. The summed E-state index contributed by atoms with van der Waals surface area (Å²) in [6, 6.07) is 18.4. The third-order valence-electron chi connectivity index (χ3n) is 6.77. The van der Waals surface area contributed by atoms with Crippen LogP contribution in [0.1, 0.15) is 29.7 Å². The van der Waals surface area contributed by atoms with Crippen molar-refractivity contribution in [2.24, 2.45) is 0 Å². The van der Waals surface area contributed by atoms with Gasteiger partial charge in [-0.15, -0.1) is 0 Å². The lowest BCUT2D eigenvalue weighted by atomic mass is 10.1. The van der Waals surface area contributed by atoms with Crippen molar-refractivity contribution in [3.63, 3.8) is 0 Å². The summed E-state index contributed by atoms with van der Waals surface area (Å²) < 4.78 is 67.3. The van der Waals surface area contributed by atoms with E-state index >= 15 is 0 Å². The molecule has 2 N–H and O–H groups in total. The number of halogens is 4. The molecule has 1 amide bonds. The number of carbonyl (C=O) groups excluding carboxylic acids is 1. The van der Waals surface area contributed by atoms with Crippen LogP contribution in [0, 0.1) is 5.82 Å². The fraction of sp³-hybridized carbons (Fsp3) is 0.233. The van der Waals surface area contributed by atoms with E-state index in [0.717, 1.165) is 17.8 Å². The Morgan fingerprint density at radius 3 is 2.45 bits per heavy atom. The van der Waals surface area contributed by atoms with E-state index in [2.05, 4.69) is 20.6 Å². The maximum Gasteiger partial charge on any atom is 0.416 e. The first-order valence-electron chi connectivity index (χ1n) is 13.2. The van der Waals surface area contributed by atoms with E-state index in [4.69, 9.17) is 0 Å². The number of hydrogen-bond donors (Lipinski definition) is 2. The monoisotopic (exact) mass is 597 g/mol. The van der Waals surface area contributed by atoms with Gasteiger partial charge in [-0.25, -0.2) is 17.9 Å². The number of rotatable bonds is 9. The van der Waals surface area contributed by atoms with Gasteiger partial charge >= 0.3 is 6.18 Å². The molecule has 0 saturated carbocycles. The molecule has 1 saturated heterocycles. The number of carbonyl (C=O) groups is 1. The number of nitrogens with zero attached hydrogens (tertiary/aromatic N) is 3. The molecule has 2 aromatic carbocycles. The standard InChI is InChI=1S/C30H27F4N5O2S/c31-23-10-12-25(13-11-23)42(41)39-15-3-5-27(39)29(40)37-18-20-16-26(21-6-8-22(9-7-21)30(32,33)34)38-28(17-20)36-19-24-4-1-2-14-35-24/h1-2,4,6-14,16-17,27H,3,5,15,18-19H2,(H,36,38)(H,37,40)/t27-,42?/m0/s1. The average molecular weight is 598 g/mol. The summed E-state index contributed by atoms with van der Waals surface area (Å²) in [5.74, 6) is -0.283. The first-order valence-corrected chi connectivity index (χ1v) is 14.3. The molecular formula is C30H27F4N5O2S. The molecule has 42 heavy (non-hydrogen) atoms. The van der Waals surface area contributed by atoms with Crippen molar-refractivity contribution in [2.45, 2.75) is 43.0 Å². The van der Waals surface area contributed by atoms with E-state index in [1.54, 1.807) is 28.7 Å². The van der Waals surface area contributed by atoms with Crippen LogP contribution in [0.3, 0.4) is 0 Å². The molecule has 0 spiro atoms. The Balaban J connectivity index is 1.33. The van der Waals surface area contributed by atoms with Gasteiger partial charge in [-0.2, -0.15) is 13.2 Å². The van der Waals surface area contributed by atoms with Crippen molar-refractivity contribution in [1.82, 2.24) is 19.6 Å². The van der Waals surface area contributed by atoms with Gasteiger partial charge in [-0.1, -0.05) is 18.2 Å². The number of alkyl halides is 3. The van der Waals surface area contributed by atoms with Gasteiger partial charge in [0.05, 0.1) is 28.4 Å². The molecule has 0 aliphatic carbocycles. The molecule has 1 aliphatic rings. The smallest absolute Gasteiger partial charge is 0.364 e. The van der Waals surface area contributed by atoms with Gasteiger partial charge < -0.3 is 10.6 Å². The normalized spacial score (nSPS) is 16.2. The lowest BCUT2D eigenvalue weighted by molar-refractivity contribution is -0.137. The highest BCUT2D eigenvalue weighted by molar-refractivity contribution is 7.82. The van der Waals surface area contributed by atoms with Crippen LogP contribution >= 0.6 is 0 Å². The Bertz CT molecular complexity index is 1550. The molecule has 5 rings (SSSR count). The molecule has 1 aliphatic heterocycles. The summed E-state index contributed by atoms with van der Waals surface area (Å²) >= 11 is 0. The molecule has 7 nitrogen and oxygen atoms in total. The van der Waals surface area contributed by atoms with Crippen LogP contribution < -0.4 is 10.6 Å². The quantitative estimate of drug-likeness (QED) is 0.241. The average Bonchev–Trinajstić information content (AvgIpc) is 3.49. The first kappa shape index (κ1) is 29.3. The predicted molar refractivity (Wildman–Crippen MR) is 151 cm³/mol. The number of aromatic nitrogens is 2. The van der Waals surface area contributed by atoms with Gasteiger partial charge in [0, 0.05) is 24.8 Å². The minimum Gasteiger partial charge on any atom is -0.364 e. The molecule has 3 heterocycles. The number of nitrogens with one attached hydrogen (secondary N) is 2. The number of benzene rings is 2. The Morgan fingerprint density at radius 2 is 1.76 bits per heavy atom. The zero-order chi connectivity index (χ0) is 29.7. The Morgan fingerprint density at radius 1 is 1.00 bits per heavy atom.